The number of amides is 1. The number of nitrogens with two attached hydrogens (primary N) is 1. The molecule has 0 aliphatic carbocycles. The summed E-state index contributed by atoms with van der Waals surface area (Å²) >= 11 is 0. The van der Waals surface area contributed by atoms with Crippen LogP contribution in [0.3, 0.4) is 0 Å². The normalized spacial score (nSPS) is 9.62. The quantitative estimate of drug-likeness (QED) is 0.646. The molecule has 1 aromatic carbocycles. The first kappa shape index (κ1) is 16.7. The fourth-order valence-corrected chi connectivity index (χ4v) is 2.21. The van der Waals surface area contributed by atoms with Gasteiger partial charge >= 0.3 is 5.97 Å². The average Bonchev–Trinajstić information content (AvgIpc) is 2.95. The molecular weight excluding hydrogens is 308 g/mol. The van der Waals surface area contributed by atoms with E-state index in [1.165, 1.54) is 17.9 Å². The molecule has 0 atom stereocenters. The van der Waals surface area contributed by atoms with Gasteiger partial charge in [0.15, 0.2) is 5.69 Å². The van der Waals surface area contributed by atoms with Crippen molar-refractivity contribution in [3.05, 3.63) is 47.3 Å². The van der Waals surface area contributed by atoms with Crippen molar-refractivity contribution in [3.8, 4) is 24.1 Å². The smallest absolute Gasteiger partial charge is 0.357 e. The number of anilines is 1. The summed E-state index contributed by atoms with van der Waals surface area (Å²) in [5.41, 5.74) is 6.59. The van der Waals surface area contributed by atoms with Crippen LogP contribution in [0.15, 0.2) is 30.5 Å². The second-order valence-corrected chi connectivity index (χ2v) is 4.68. The molecule has 1 heterocycles. The number of nitrogen functional groups attached to an aromatic ring is 1. The molecule has 0 aliphatic rings. The molecule has 0 radical (unpaired) electrons. The van der Waals surface area contributed by atoms with Crippen molar-refractivity contribution in [1.82, 2.24) is 9.88 Å². The zero-order chi connectivity index (χ0) is 17.7. The van der Waals surface area contributed by atoms with Gasteiger partial charge in [0.05, 0.1) is 36.2 Å². The van der Waals surface area contributed by atoms with Crippen LogP contribution in [0.4, 0.5) is 5.69 Å². The maximum atomic E-state index is 12.3. The Kier molecular flexibility index (Phi) is 4.88. The number of carbonyl (C=O) groups is 2. The van der Waals surface area contributed by atoms with Gasteiger partial charge < -0.3 is 20.4 Å². The van der Waals surface area contributed by atoms with E-state index in [-0.39, 0.29) is 29.1 Å². The maximum absolute atomic E-state index is 12.3. The van der Waals surface area contributed by atoms with Crippen molar-refractivity contribution in [1.29, 1.82) is 5.26 Å². The minimum absolute atomic E-state index is 0.0109. The summed E-state index contributed by atoms with van der Waals surface area (Å²) < 4.78 is 6.09. The lowest BCUT2D eigenvalue weighted by atomic mass is 10.1. The van der Waals surface area contributed by atoms with Gasteiger partial charge in [0.25, 0.3) is 5.91 Å². The summed E-state index contributed by atoms with van der Waals surface area (Å²) in [6.45, 7) is 0.0638. The van der Waals surface area contributed by atoms with Gasteiger partial charge in [-0.2, -0.15) is 5.26 Å². The van der Waals surface area contributed by atoms with E-state index in [0.29, 0.717) is 5.69 Å². The van der Waals surface area contributed by atoms with Gasteiger partial charge in [0.1, 0.15) is 6.07 Å². The molecule has 24 heavy (non-hydrogen) atoms. The number of para-hydroxylation sites is 1. The number of hydrogen-bond donors (Lipinski definition) is 2. The molecule has 1 amide bonds. The number of esters is 1. The fourth-order valence-electron chi connectivity index (χ4n) is 2.21. The third-order valence-corrected chi connectivity index (χ3v) is 3.30. The van der Waals surface area contributed by atoms with Crippen LogP contribution in [-0.2, 0) is 4.74 Å². The van der Waals surface area contributed by atoms with Crippen molar-refractivity contribution >= 4 is 17.6 Å². The Morgan fingerprint density at radius 1 is 1.42 bits per heavy atom. The lowest BCUT2D eigenvalue weighted by Crippen LogP contribution is -2.25. The van der Waals surface area contributed by atoms with Crippen LogP contribution < -0.4 is 11.1 Å². The van der Waals surface area contributed by atoms with E-state index in [1.807, 2.05) is 6.07 Å². The Morgan fingerprint density at radius 2 is 2.12 bits per heavy atom. The Balaban J connectivity index is 2.66. The second kappa shape index (κ2) is 7.03. The number of rotatable bonds is 4. The zero-order valence-electron chi connectivity index (χ0n) is 12.9. The second-order valence-electron chi connectivity index (χ2n) is 4.68. The van der Waals surface area contributed by atoms with Gasteiger partial charge in [-0.25, -0.2) is 4.79 Å². The molecule has 0 saturated heterocycles. The number of benzene rings is 1. The largest absolute Gasteiger partial charge is 0.464 e. The van der Waals surface area contributed by atoms with E-state index >= 15 is 0 Å². The van der Waals surface area contributed by atoms with E-state index in [2.05, 4.69) is 11.2 Å². The average molecular weight is 322 g/mol. The van der Waals surface area contributed by atoms with Crippen LogP contribution >= 0.6 is 0 Å². The number of nitrogens with zero attached hydrogens (tertiary/aromatic N) is 2. The first-order valence-corrected chi connectivity index (χ1v) is 6.85. The maximum Gasteiger partial charge on any atom is 0.357 e. The number of hydrogen-bond acceptors (Lipinski definition) is 5. The van der Waals surface area contributed by atoms with E-state index < -0.39 is 11.9 Å². The van der Waals surface area contributed by atoms with Gasteiger partial charge in [-0.1, -0.05) is 18.1 Å². The molecule has 0 fully saturated rings. The number of nitrogens with one attached hydrogen (secondary N) is 1. The number of ether oxygens (including phenoxy) is 1. The highest BCUT2D eigenvalue weighted by Crippen LogP contribution is 2.26. The molecule has 120 valence electrons. The van der Waals surface area contributed by atoms with Crippen molar-refractivity contribution in [2.45, 2.75) is 0 Å². The highest BCUT2D eigenvalue weighted by molar-refractivity contribution is 6.00. The Morgan fingerprint density at radius 3 is 2.75 bits per heavy atom. The summed E-state index contributed by atoms with van der Waals surface area (Å²) in [6, 6.07) is 8.47. The van der Waals surface area contributed by atoms with Crippen LogP contribution in [0, 0.1) is 23.7 Å². The van der Waals surface area contributed by atoms with Gasteiger partial charge in [0.2, 0.25) is 0 Å². The Labute approximate surface area is 138 Å². The van der Waals surface area contributed by atoms with Crippen molar-refractivity contribution in [3.63, 3.8) is 0 Å². The molecule has 0 saturated carbocycles. The molecule has 0 spiro atoms. The predicted molar refractivity (Wildman–Crippen MR) is 87.4 cm³/mol. The fraction of sp³-hybridized carbons (Fsp3) is 0.118. The van der Waals surface area contributed by atoms with Crippen LogP contribution in [0.1, 0.15) is 26.4 Å². The monoisotopic (exact) mass is 322 g/mol. The number of terminal acetylenes is 1. The molecule has 2 rings (SSSR count). The van der Waals surface area contributed by atoms with E-state index in [4.69, 9.17) is 22.2 Å². The molecule has 0 bridgehead atoms. The highest BCUT2D eigenvalue weighted by Gasteiger charge is 2.24. The van der Waals surface area contributed by atoms with Crippen LogP contribution in [0.5, 0.6) is 0 Å². The minimum atomic E-state index is -0.715. The summed E-state index contributed by atoms with van der Waals surface area (Å²) in [6.07, 6.45) is 6.53. The molecule has 2 aromatic rings. The molecule has 7 nitrogen and oxygen atoms in total. The van der Waals surface area contributed by atoms with Gasteiger partial charge in [-0.3, -0.25) is 4.79 Å². The Hall–Kier alpha value is -3.71. The van der Waals surface area contributed by atoms with Crippen molar-refractivity contribution < 1.29 is 14.3 Å². The van der Waals surface area contributed by atoms with Crippen LogP contribution in [-0.4, -0.2) is 30.1 Å². The molecule has 7 heteroatoms. The molecule has 1 aromatic heterocycles. The highest BCUT2D eigenvalue weighted by atomic mass is 16.5. The SMILES string of the molecule is C#CCNC(=O)c1ccccc1-n1cc(C#N)c(N)c1C(=O)OC. The number of carbonyl (C=O) groups excluding carboxylic acids is 2. The predicted octanol–water partition coefficient (Wildman–Crippen LogP) is 1.08. The number of methoxy groups -OCH3 is 1. The van der Waals surface area contributed by atoms with E-state index in [9.17, 15) is 9.59 Å². The molecule has 3 N–H and O–H groups in total. The summed E-state index contributed by atoms with van der Waals surface area (Å²) in [5, 5.41) is 11.7. The first-order valence-electron chi connectivity index (χ1n) is 6.85. The first-order chi connectivity index (χ1) is 11.5. The van der Waals surface area contributed by atoms with E-state index in [1.54, 1.807) is 24.3 Å². The molecule has 0 aliphatic heterocycles. The van der Waals surface area contributed by atoms with Crippen molar-refractivity contribution in [2.75, 3.05) is 19.4 Å². The third kappa shape index (κ3) is 2.92. The third-order valence-electron chi connectivity index (χ3n) is 3.30. The standard InChI is InChI=1S/C17H14N4O3/c1-3-8-20-16(22)12-6-4-5-7-13(12)21-10-11(9-18)14(19)15(21)17(23)24-2/h1,4-7,10H,8,19H2,2H3,(H,20,22). The Bertz CT molecular complexity index is 884. The zero-order valence-corrected chi connectivity index (χ0v) is 12.9. The summed E-state index contributed by atoms with van der Waals surface area (Å²) in [5.74, 6) is 1.19. The van der Waals surface area contributed by atoms with Crippen LogP contribution in [0.2, 0.25) is 0 Å². The number of nitriles is 1. The van der Waals surface area contributed by atoms with Gasteiger partial charge in [0, 0.05) is 6.20 Å². The van der Waals surface area contributed by atoms with Gasteiger partial charge in [-0.15, -0.1) is 6.42 Å². The number of aromatic nitrogens is 1. The van der Waals surface area contributed by atoms with Crippen LogP contribution in [0.25, 0.3) is 5.69 Å². The summed E-state index contributed by atoms with van der Waals surface area (Å²) in [7, 11) is 1.21. The summed E-state index contributed by atoms with van der Waals surface area (Å²) in [4.78, 5) is 24.3. The van der Waals surface area contributed by atoms with Gasteiger partial charge in [-0.05, 0) is 12.1 Å². The van der Waals surface area contributed by atoms with Crippen molar-refractivity contribution in [2.24, 2.45) is 0 Å². The minimum Gasteiger partial charge on any atom is -0.464 e. The molecule has 0 unspecified atom stereocenters. The lowest BCUT2D eigenvalue weighted by molar-refractivity contribution is 0.0592. The lowest BCUT2D eigenvalue weighted by Gasteiger charge is -2.13. The topological polar surface area (TPSA) is 110 Å². The van der Waals surface area contributed by atoms with E-state index in [0.717, 1.165) is 0 Å². The molecular formula is C17H14N4O3.